The molecule has 0 fully saturated rings. The van der Waals surface area contributed by atoms with Crippen molar-refractivity contribution >= 4 is 23.2 Å². The Balaban J connectivity index is 1.97. The van der Waals surface area contributed by atoms with Crippen LogP contribution in [0.25, 0.3) is 0 Å². The highest BCUT2D eigenvalue weighted by Crippen LogP contribution is 2.18. The third-order valence-electron chi connectivity index (χ3n) is 2.62. The van der Waals surface area contributed by atoms with Crippen molar-refractivity contribution < 1.29 is 4.39 Å². The highest BCUT2D eigenvalue weighted by molar-refractivity contribution is 6.31. The Morgan fingerprint density at radius 3 is 2.22 bits per heavy atom. The van der Waals surface area contributed by atoms with Gasteiger partial charge in [0.15, 0.2) is 0 Å². The monoisotopic (exact) mass is 283 g/mol. The summed E-state index contributed by atoms with van der Waals surface area (Å²) in [6.07, 6.45) is 0. The van der Waals surface area contributed by atoms with Gasteiger partial charge in [-0.15, -0.1) is 0 Å². The molecule has 0 atom stereocenters. The molecule has 94 valence electrons. The molecule has 0 heterocycles. The highest BCUT2D eigenvalue weighted by atomic mass is 35.5. The fourth-order valence-corrected chi connectivity index (χ4v) is 2.06. The van der Waals surface area contributed by atoms with Crippen LogP contribution in [0.15, 0.2) is 42.5 Å². The molecule has 1 nitrogen and oxygen atoms in total. The number of rotatable bonds is 4. The standard InChI is InChI=1S/C14H12Cl2FN/c15-12-6-2-1-4-10(12)8-18-9-11-5-3-7-13(16)14(11)17/h1-7,18H,8-9H2. The van der Waals surface area contributed by atoms with Gasteiger partial charge < -0.3 is 5.32 Å². The average Bonchev–Trinajstić information content (AvgIpc) is 2.37. The maximum absolute atomic E-state index is 13.6. The Hall–Kier alpha value is -1.09. The summed E-state index contributed by atoms with van der Waals surface area (Å²) in [5, 5.41) is 3.99. The normalized spacial score (nSPS) is 10.6. The molecule has 4 heteroatoms. The quantitative estimate of drug-likeness (QED) is 0.876. The van der Waals surface area contributed by atoms with E-state index in [0.29, 0.717) is 23.7 Å². The predicted molar refractivity (Wildman–Crippen MR) is 73.4 cm³/mol. The zero-order chi connectivity index (χ0) is 13.0. The second-order valence-corrected chi connectivity index (χ2v) is 4.72. The molecule has 0 radical (unpaired) electrons. The van der Waals surface area contributed by atoms with Crippen molar-refractivity contribution in [2.45, 2.75) is 13.1 Å². The highest BCUT2D eigenvalue weighted by Gasteiger charge is 2.05. The first-order chi connectivity index (χ1) is 8.68. The molecule has 0 bridgehead atoms. The fraction of sp³-hybridized carbons (Fsp3) is 0.143. The largest absolute Gasteiger partial charge is 0.308 e. The minimum Gasteiger partial charge on any atom is -0.308 e. The first kappa shape index (κ1) is 13.3. The van der Waals surface area contributed by atoms with Gasteiger partial charge >= 0.3 is 0 Å². The van der Waals surface area contributed by atoms with Crippen molar-refractivity contribution in [2.75, 3.05) is 0 Å². The van der Waals surface area contributed by atoms with Gasteiger partial charge in [-0.1, -0.05) is 53.5 Å². The summed E-state index contributed by atoms with van der Waals surface area (Å²) in [6.45, 7) is 1.00. The molecule has 0 unspecified atom stereocenters. The van der Waals surface area contributed by atoms with Gasteiger partial charge in [-0.2, -0.15) is 0 Å². The van der Waals surface area contributed by atoms with Crippen molar-refractivity contribution in [3.63, 3.8) is 0 Å². The molecule has 0 spiro atoms. The van der Waals surface area contributed by atoms with E-state index < -0.39 is 0 Å². The minimum atomic E-state index is -0.370. The van der Waals surface area contributed by atoms with Crippen LogP contribution >= 0.6 is 23.2 Å². The van der Waals surface area contributed by atoms with Gasteiger partial charge in [0, 0.05) is 23.7 Å². The number of nitrogens with one attached hydrogen (secondary N) is 1. The van der Waals surface area contributed by atoms with Crippen LogP contribution < -0.4 is 5.32 Å². The number of halogens is 3. The summed E-state index contributed by atoms with van der Waals surface area (Å²) in [4.78, 5) is 0. The molecule has 1 N–H and O–H groups in total. The van der Waals surface area contributed by atoms with Crippen LogP contribution in [0.4, 0.5) is 4.39 Å². The van der Waals surface area contributed by atoms with Gasteiger partial charge in [0.2, 0.25) is 0 Å². The Labute approximate surface area is 116 Å². The van der Waals surface area contributed by atoms with Crippen molar-refractivity contribution in [1.82, 2.24) is 5.32 Å². The van der Waals surface area contributed by atoms with Gasteiger partial charge in [-0.3, -0.25) is 0 Å². The van der Waals surface area contributed by atoms with Crippen LogP contribution in [0.3, 0.4) is 0 Å². The third-order valence-corrected chi connectivity index (χ3v) is 3.28. The van der Waals surface area contributed by atoms with E-state index in [1.165, 1.54) is 6.07 Å². The van der Waals surface area contributed by atoms with Gasteiger partial charge in [0.05, 0.1) is 5.02 Å². The average molecular weight is 284 g/mol. The lowest BCUT2D eigenvalue weighted by Crippen LogP contribution is -2.14. The Bertz CT molecular complexity index is 543. The van der Waals surface area contributed by atoms with Crippen molar-refractivity contribution in [3.05, 3.63) is 69.5 Å². The molecule has 0 aliphatic rings. The summed E-state index contributed by atoms with van der Waals surface area (Å²) in [5.41, 5.74) is 1.54. The fourth-order valence-electron chi connectivity index (χ4n) is 1.66. The van der Waals surface area contributed by atoms with Gasteiger partial charge in [-0.25, -0.2) is 4.39 Å². The Kier molecular flexibility index (Phi) is 4.59. The Morgan fingerprint density at radius 1 is 0.833 bits per heavy atom. The van der Waals surface area contributed by atoms with Gasteiger partial charge in [-0.05, 0) is 17.7 Å². The number of hydrogen-bond donors (Lipinski definition) is 1. The minimum absolute atomic E-state index is 0.145. The molecule has 0 aliphatic carbocycles. The smallest absolute Gasteiger partial charge is 0.146 e. The lowest BCUT2D eigenvalue weighted by atomic mass is 10.2. The van der Waals surface area contributed by atoms with E-state index in [0.717, 1.165) is 5.56 Å². The number of benzene rings is 2. The molecule has 0 saturated heterocycles. The summed E-state index contributed by atoms with van der Waals surface area (Å²) < 4.78 is 13.6. The summed E-state index contributed by atoms with van der Waals surface area (Å²) in [7, 11) is 0. The SMILES string of the molecule is Fc1c(Cl)cccc1CNCc1ccccc1Cl. The van der Waals surface area contributed by atoms with Crippen molar-refractivity contribution in [1.29, 1.82) is 0 Å². The lowest BCUT2D eigenvalue weighted by molar-refractivity contribution is 0.588. The van der Waals surface area contributed by atoms with Gasteiger partial charge in [0.1, 0.15) is 5.82 Å². The van der Waals surface area contributed by atoms with Crippen LogP contribution in [-0.2, 0) is 13.1 Å². The maximum Gasteiger partial charge on any atom is 0.146 e. The second-order valence-electron chi connectivity index (χ2n) is 3.91. The van der Waals surface area contributed by atoms with E-state index in [9.17, 15) is 4.39 Å². The summed E-state index contributed by atoms with van der Waals surface area (Å²) in [5.74, 6) is -0.370. The molecule has 0 aromatic heterocycles. The molecule has 0 aliphatic heterocycles. The lowest BCUT2D eigenvalue weighted by Gasteiger charge is -2.08. The van der Waals surface area contributed by atoms with Gasteiger partial charge in [0.25, 0.3) is 0 Å². The van der Waals surface area contributed by atoms with Crippen LogP contribution in [0.5, 0.6) is 0 Å². The molecule has 2 aromatic carbocycles. The van der Waals surface area contributed by atoms with Crippen LogP contribution in [-0.4, -0.2) is 0 Å². The van der Waals surface area contributed by atoms with E-state index in [1.54, 1.807) is 12.1 Å². The first-order valence-corrected chi connectivity index (χ1v) is 6.31. The maximum atomic E-state index is 13.6. The third kappa shape index (κ3) is 3.22. The van der Waals surface area contributed by atoms with E-state index in [4.69, 9.17) is 23.2 Å². The van der Waals surface area contributed by atoms with Crippen LogP contribution in [0.2, 0.25) is 10.0 Å². The summed E-state index contributed by atoms with van der Waals surface area (Å²) >= 11 is 11.7. The van der Waals surface area contributed by atoms with E-state index in [2.05, 4.69) is 5.32 Å². The second kappa shape index (κ2) is 6.19. The molecule has 2 rings (SSSR count). The molecule has 18 heavy (non-hydrogen) atoms. The zero-order valence-corrected chi connectivity index (χ0v) is 11.1. The van der Waals surface area contributed by atoms with Crippen molar-refractivity contribution in [3.8, 4) is 0 Å². The first-order valence-electron chi connectivity index (χ1n) is 5.55. The molecule has 2 aromatic rings. The molecular weight excluding hydrogens is 272 g/mol. The van der Waals surface area contributed by atoms with E-state index in [-0.39, 0.29) is 10.8 Å². The van der Waals surface area contributed by atoms with Crippen LogP contribution in [0.1, 0.15) is 11.1 Å². The van der Waals surface area contributed by atoms with Crippen molar-refractivity contribution in [2.24, 2.45) is 0 Å². The van der Waals surface area contributed by atoms with Crippen LogP contribution in [0, 0.1) is 5.82 Å². The topological polar surface area (TPSA) is 12.0 Å². The predicted octanol–water partition coefficient (Wildman–Crippen LogP) is 4.42. The molecular formula is C14H12Cl2FN. The van der Waals surface area contributed by atoms with E-state index in [1.807, 2.05) is 24.3 Å². The Morgan fingerprint density at radius 2 is 1.44 bits per heavy atom. The summed E-state index contributed by atoms with van der Waals surface area (Å²) in [6, 6.07) is 12.5. The van der Waals surface area contributed by atoms with E-state index >= 15 is 0 Å². The molecule has 0 amide bonds. The molecule has 0 saturated carbocycles. The number of hydrogen-bond acceptors (Lipinski definition) is 1. The zero-order valence-electron chi connectivity index (χ0n) is 9.59.